The van der Waals surface area contributed by atoms with Crippen molar-refractivity contribution < 1.29 is 103 Å². The quantitative estimate of drug-likeness (QED) is 0.0925. The average molecular weight is 762 g/mol. The standard InChI is InChI=1S/C24HF20P.BH3O3/c25-1-5(29)13(37)21(14(38)6(1)30)45(22-15(39)7(31)2(26)8(32)16(22)40,23-17(41)9(33)3(27)10(34)18(23)42)24-19(43)11(35)4(28)12(36)20(24)44;2-1(3)4/h45H;2-4H. The first-order chi connectivity index (χ1) is 22.4. The van der Waals surface area contributed by atoms with Gasteiger partial charge in [0.15, 0.2) is 0 Å². The van der Waals surface area contributed by atoms with Crippen molar-refractivity contribution in [2.75, 3.05) is 0 Å². The van der Waals surface area contributed by atoms with E-state index < -0.39 is 152 Å². The Bertz CT molecular complexity index is 1640. The summed E-state index contributed by atoms with van der Waals surface area (Å²) in [6, 6.07) is 0. The molecule has 0 radical (unpaired) electrons. The molecule has 0 heterocycles. The molecule has 0 fully saturated rings. The van der Waals surface area contributed by atoms with Crippen molar-refractivity contribution in [1.29, 1.82) is 0 Å². The number of hydrogen-bond acceptors (Lipinski definition) is 3. The molecule has 0 atom stereocenters. The zero-order valence-corrected chi connectivity index (χ0v) is 23.0. The second kappa shape index (κ2) is 13.6. The van der Waals surface area contributed by atoms with E-state index in [9.17, 15) is 52.7 Å². The van der Waals surface area contributed by atoms with Crippen LogP contribution in [-0.2, 0) is 0 Å². The normalized spacial score (nSPS) is 11.9. The van der Waals surface area contributed by atoms with Crippen LogP contribution in [-0.4, -0.2) is 22.4 Å². The summed E-state index contributed by atoms with van der Waals surface area (Å²) in [4.78, 5) is 0. The number of rotatable bonds is 4. The van der Waals surface area contributed by atoms with Gasteiger partial charge in [-0.05, 0) is 0 Å². The third-order valence-electron chi connectivity index (χ3n) is 6.34. The summed E-state index contributed by atoms with van der Waals surface area (Å²) in [7, 11) is -10.8. The minimum absolute atomic E-state index is 2.17. The van der Waals surface area contributed by atoms with Crippen molar-refractivity contribution >= 4 is 35.8 Å². The molecule has 0 saturated carbocycles. The summed E-state index contributed by atoms with van der Waals surface area (Å²) in [5.74, 6) is -70.9. The van der Waals surface area contributed by atoms with Crippen LogP contribution >= 0.6 is 7.26 Å². The van der Waals surface area contributed by atoms with E-state index in [1.165, 1.54) is 0 Å². The van der Waals surface area contributed by atoms with Crippen molar-refractivity contribution in [2.45, 2.75) is 0 Å². The van der Waals surface area contributed by atoms with Crippen LogP contribution < -0.4 is 21.2 Å². The summed E-state index contributed by atoms with van der Waals surface area (Å²) < 4.78 is 294. The van der Waals surface area contributed by atoms with E-state index in [1.807, 2.05) is 0 Å². The van der Waals surface area contributed by atoms with Crippen LogP contribution in [0.15, 0.2) is 0 Å². The smallest absolute Gasteiger partial charge is 0.402 e. The van der Waals surface area contributed by atoms with Gasteiger partial charge in [0.05, 0.1) is 0 Å². The molecule has 0 saturated heterocycles. The van der Waals surface area contributed by atoms with Crippen LogP contribution in [0.3, 0.4) is 0 Å². The Labute approximate surface area is 255 Å². The Hall–Kier alpha value is -4.15. The third-order valence-corrected chi connectivity index (χ3v) is 11.1. The summed E-state index contributed by atoms with van der Waals surface area (Å²) >= 11 is 0. The molecule has 49 heavy (non-hydrogen) atoms. The Morgan fingerprint density at radius 1 is 0.224 bits per heavy atom. The summed E-state index contributed by atoms with van der Waals surface area (Å²) in [5, 5.41) is 7.48. The van der Waals surface area contributed by atoms with Crippen LogP contribution in [0.1, 0.15) is 0 Å². The van der Waals surface area contributed by atoms with E-state index in [4.69, 9.17) is 15.1 Å². The zero-order valence-electron chi connectivity index (χ0n) is 22.0. The van der Waals surface area contributed by atoms with Crippen molar-refractivity contribution in [2.24, 2.45) is 0 Å². The average Bonchev–Trinajstić information content (AvgIpc) is 3.04. The largest absolute Gasteiger partial charge is 0.631 e. The van der Waals surface area contributed by atoms with Crippen LogP contribution in [0.4, 0.5) is 87.8 Å². The van der Waals surface area contributed by atoms with E-state index >= 15 is 35.1 Å². The van der Waals surface area contributed by atoms with E-state index in [-0.39, 0.29) is 0 Å². The first-order valence-corrected chi connectivity index (χ1v) is 13.6. The monoisotopic (exact) mass is 762 g/mol. The summed E-state index contributed by atoms with van der Waals surface area (Å²) in [6.45, 7) is 0. The minimum Gasteiger partial charge on any atom is -0.402 e. The predicted octanol–water partition coefficient (Wildman–Crippen LogP) is 4.77. The molecular weight excluding hydrogens is 758 g/mol. The van der Waals surface area contributed by atoms with Gasteiger partial charge < -0.3 is 15.1 Å². The van der Waals surface area contributed by atoms with Crippen molar-refractivity contribution in [3.8, 4) is 0 Å². The van der Waals surface area contributed by atoms with Gasteiger partial charge in [-0.15, -0.1) is 0 Å². The Morgan fingerprint density at radius 3 is 0.408 bits per heavy atom. The SMILES string of the molecule is Fc1c(F)c(F)c([PH](c2c(F)c(F)c(F)c(F)c2F)(c2c(F)c(F)c(F)c(F)c2F)c2c(F)c(F)c(F)c(F)c2F)c(F)c1F.OB(O)O. The molecule has 4 rings (SSSR count). The molecule has 0 aliphatic heterocycles. The van der Waals surface area contributed by atoms with E-state index in [0.717, 1.165) is 0 Å². The maximum absolute atomic E-state index is 15.4. The molecule has 0 bridgehead atoms. The van der Waals surface area contributed by atoms with Crippen molar-refractivity contribution in [3.63, 3.8) is 0 Å². The molecule has 0 aliphatic carbocycles. The molecule has 4 aromatic rings. The molecule has 0 spiro atoms. The van der Waals surface area contributed by atoms with E-state index in [1.54, 1.807) is 0 Å². The Kier molecular flexibility index (Phi) is 10.9. The molecule has 25 heteroatoms. The zero-order chi connectivity index (χ0) is 37.9. The van der Waals surface area contributed by atoms with Crippen LogP contribution in [0.2, 0.25) is 0 Å². The fraction of sp³-hybridized carbons (Fsp3) is 0. The second-order valence-electron chi connectivity index (χ2n) is 8.88. The maximum atomic E-state index is 15.4. The minimum atomic E-state index is -8.59. The van der Waals surface area contributed by atoms with Gasteiger partial charge in [-0.2, -0.15) is 0 Å². The van der Waals surface area contributed by atoms with Gasteiger partial charge in [0.2, 0.25) is 0 Å². The Balaban J connectivity index is 0.00000154. The van der Waals surface area contributed by atoms with Gasteiger partial charge in [-0.25, -0.2) is 0 Å². The van der Waals surface area contributed by atoms with Crippen molar-refractivity contribution in [3.05, 3.63) is 116 Å². The number of hydrogen-bond donors (Lipinski definition) is 3. The molecule has 4 aromatic carbocycles. The molecule has 3 nitrogen and oxygen atoms in total. The van der Waals surface area contributed by atoms with Crippen LogP contribution in [0.25, 0.3) is 0 Å². The molecule has 266 valence electrons. The van der Waals surface area contributed by atoms with Gasteiger partial charge in [-0.3, -0.25) is 0 Å². The molecule has 0 aliphatic rings. The maximum Gasteiger partial charge on any atom is 0.631 e. The van der Waals surface area contributed by atoms with Crippen molar-refractivity contribution in [1.82, 2.24) is 0 Å². The number of benzene rings is 4. The molecule has 0 unspecified atom stereocenters. The van der Waals surface area contributed by atoms with E-state index in [0.29, 0.717) is 0 Å². The summed E-state index contributed by atoms with van der Waals surface area (Å²) in [6.07, 6.45) is 0. The second-order valence-corrected chi connectivity index (χ2v) is 12.4. The van der Waals surface area contributed by atoms with Gasteiger partial charge in [0, 0.05) is 0 Å². The first kappa shape index (κ1) is 39.3. The molecule has 0 aromatic heterocycles. The molecular formula is C24H4BF20O3P. The Morgan fingerprint density at radius 2 is 0.306 bits per heavy atom. The predicted molar refractivity (Wildman–Crippen MR) is 124 cm³/mol. The molecule has 3 N–H and O–H groups in total. The fourth-order valence-electron chi connectivity index (χ4n) is 4.49. The van der Waals surface area contributed by atoms with Gasteiger partial charge in [0.1, 0.15) is 0 Å². The van der Waals surface area contributed by atoms with Crippen LogP contribution in [0.5, 0.6) is 0 Å². The topological polar surface area (TPSA) is 60.7 Å². The molecule has 0 amide bonds. The van der Waals surface area contributed by atoms with Gasteiger partial charge in [0.25, 0.3) is 0 Å². The van der Waals surface area contributed by atoms with Gasteiger partial charge >= 0.3 is 240 Å². The fourth-order valence-corrected chi connectivity index (χ4v) is 9.50. The number of halogens is 20. The van der Waals surface area contributed by atoms with E-state index in [2.05, 4.69) is 0 Å². The van der Waals surface area contributed by atoms with Gasteiger partial charge in [-0.1, -0.05) is 0 Å². The van der Waals surface area contributed by atoms with Crippen LogP contribution in [0, 0.1) is 116 Å². The third kappa shape index (κ3) is 5.72. The first-order valence-electron chi connectivity index (χ1n) is 11.6. The summed E-state index contributed by atoms with van der Waals surface area (Å²) in [5.41, 5.74) is 0.